The van der Waals surface area contributed by atoms with Gasteiger partial charge in [0.2, 0.25) is 5.69 Å². The maximum atomic E-state index is 14.0. The lowest BCUT2D eigenvalue weighted by Crippen LogP contribution is -2.26. The second-order valence-corrected chi connectivity index (χ2v) is 7.81. The van der Waals surface area contributed by atoms with Crippen LogP contribution in [0, 0.1) is 11.6 Å². The van der Waals surface area contributed by atoms with Gasteiger partial charge in [-0.3, -0.25) is 4.79 Å². The summed E-state index contributed by atoms with van der Waals surface area (Å²) >= 11 is 6.06. The molecule has 0 N–H and O–H groups in total. The first-order chi connectivity index (χ1) is 14.6. The quantitative estimate of drug-likeness (QED) is 0.402. The molecule has 0 saturated heterocycles. The number of nitrogens with zero attached hydrogens (tertiary/aromatic N) is 2. The molecular weight excluding hydrogens is 458 g/mol. The Morgan fingerprint density at radius 3 is 2.52 bits per heavy atom. The summed E-state index contributed by atoms with van der Waals surface area (Å²) in [6, 6.07) is 8.44. The fraction of sp³-hybridized carbons (Fsp3) is 0.105. The van der Waals surface area contributed by atoms with Crippen LogP contribution in [0.3, 0.4) is 0 Å². The fourth-order valence-corrected chi connectivity index (χ4v) is 3.68. The zero-order chi connectivity index (χ0) is 22.8. The maximum Gasteiger partial charge on any atom is 0.362 e. The minimum absolute atomic E-state index is 0.0927. The van der Waals surface area contributed by atoms with E-state index in [0.29, 0.717) is 24.3 Å². The third kappa shape index (κ3) is 4.72. The summed E-state index contributed by atoms with van der Waals surface area (Å²) in [4.78, 5) is 23.9. The van der Waals surface area contributed by atoms with Crippen LogP contribution in [0.5, 0.6) is 5.75 Å². The fourth-order valence-electron chi connectivity index (χ4n) is 2.48. The Hall–Kier alpha value is -3.31. The van der Waals surface area contributed by atoms with Crippen molar-refractivity contribution in [1.82, 2.24) is 9.78 Å². The van der Waals surface area contributed by atoms with Crippen LogP contribution in [0.2, 0.25) is 5.02 Å². The number of rotatable bonds is 6. The molecule has 0 bridgehead atoms. The number of hydrogen-bond acceptors (Lipinski definition) is 7. The molecule has 0 fully saturated rings. The van der Waals surface area contributed by atoms with Crippen LogP contribution in [0.4, 0.5) is 8.78 Å². The van der Waals surface area contributed by atoms with Gasteiger partial charge in [0.05, 0.1) is 23.4 Å². The molecule has 12 heteroatoms. The Labute approximate surface area is 179 Å². The van der Waals surface area contributed by atoms with Crippen molar-refractivity contribution >= 4 is 27.7 Å². The van der Waals surface area contributed by atoms with Crippen LogP contribution < -0.4 is 9.74 Å². The molecule has 0 unspecified atom stereocenters. The smallest absolute Gasteiger partial charge is 0.362 e. The van der Waals surface area contributed by atoms with Crippen molar-refractivity contribution in [3.8, 4) is 11.4 Å². The van der Waals surface area contributed by atoms with E-state index < -0.39 is 49.6 Å². The lowest BCUT2D eigenvalue weighted by Gasteiger charge is -2.13. The van der Waals surface area contributed by atoms with Crippen molar-refractivity contribution in [2.24, 2.45) is 0 Å². The van der Waals surface area contributed by atoms with Crippen molar-refractivity contribution in [1.29, 1.82) is 0 Å². The zero-order valence-corrected chi connectivity index (χ0v) is 17.3. The summed E-state index contributed by atoms with van der Waals surface area (Å²) in [6.07, 6.45) is 0. The Bertz CT molecular complexity index is 1330. The van der Waals surface area contributed by atoms with E-state index in [2.05, 4.69) is 5.10 Å². The number of esters is 1. The molecule has 2 aromatic carbocycles. The normalized spacial score (nSPS) is 11.2. The monoisotopic (exact) mass is 470 g/mol. The molecule has 0 amide bonds. The molecule has 0 spiro atoms. The highest BCUT2D eigenvalue weighted by molar-refractivity contribution is 7.87. The number of carbonyl (C=O) groups is 1. The Balaban J connectivity index is 2.15. The van der Waals surface area contributed by atoms with E-state index in [1.165, 1.54) is 19.1 Å². The third-order valence-electron chi connectivity index (χ3n) is 3.81. The summed E-state index contributed by atoms with van der Waals surface area (Å²) in [7, 11) is -4.90. The van der Waals surface area contributed by atoms with E-state index in [1.54, 1.807) is 12.1 Å². The highest BCUT2D eigenvalue weighted by atomic mass is 35.5. The van der Waals surface area contributed by atoms with Gasteiger partial charge in [0, 0.05) is 6.07 Å². The molecule has 0 aliphatic carbocycles. The number of carbonyl (C=O) groups excluding carboxylic acids is 1. The number of ether oxygens (including phenoxy) is 1. The molecule has 162 valence electrons. The Morgan fingerprint density at radius 2 is 1.87 bits per heavy atom. The van der Waals surface area contributed by atoms with Gasteiger partial charge in [-0.1, -0.05) is 23.7 Å². The average molecular weight is 471 g/mol. The molecule has 0 atom stereocenters. The minimum atomic E-state index is -4.90. The van der Waals surface area contributed by atoms with E-state index in [-0.39, 0.29) is 17.3 Å². The van der Waals surface area contributed by atoms with Gasteiger partial charge in [0.15, 0.2) is 5.75 Å². The SMILES string of the molecule is CCOC(=O)c1nn(-c2ccccc2Cl)c(=O)cc1OS(=O)(=O)c1ccc(F)cc1F. The predicted octanol–water partition coefficient (Wildman–Crippen LogP) is 3.11. The molecule has 0 saturated carbocycles. The molecule has 0 aliphatic rings. The number of aromatic nitrogens is 2. The van der Waals surface area contributed by atoms with Gasteiger partial charge in [0.25, 0.3) is 5.56 Å². The summed E-state index contributed by atoms with van der Waals surface area (Å²) in [6.45, 7) is 1.40. The summed E-state index contributed by atoms with van der Waals surface area (Å²) in [5.74, 6) is -4.33. The number of benzene rings is 2. The number of hydrogen-bond donors (Lipinski definition) is 0. The van der Waals surface area contributed by atoms with Gasteiger partial charge >= 0.3 is 16.1 Å². The van der Waals surface area contributed by atoms with Gasteiger partial charge in [0.1, 0.15) is 16.5 Å². The van der Waals surface area contributed by atoms with Gasteiger partial charge in [-0.15, -0.1) is 0 Å². The van der Waals surface area contributed by atoms with Gasteiger partial charge in [-0.25, -0.2) is 13.6 Å². The highest BCUT2D eigenvalue weighted by Crippen LogP contribution is 2.25. The summed E-state index contributed by atoms with van der Waals surface area (Å²) in [5.41, 5.74) is -1.46. The van der Waals surface area contributed by atoms with Crippen LogP contribution in [0.25, 0.3) is 5.69 Å². The van der Waals surface area contributed by atoms with Crippen LogP contribution in [0.15, 0.2) is 58.2 Å². The van der Waals surface area contributed by atoms with Crippen molar-refractivity contribution < 1.29 is 30.9 Å². The van der Waals surface area contributed by atoms with Crippen LogP contribution >= 0.6 is 11.6 Å². The van der Waals surface area contributed by atoms with Crippen LogP contribution in [0.1, 0.15) is 17.4 Å². The molecule has 1 aromatic heterocycles. The standard InChI is InChI=1S/C19H13ClF2N2O6S/c1-2-29-19(26)18-15(30-31(27,28)16-8-7-11(21)9-13(16)22)10-17(25)24(23-18)14-6-4-3-5-12(14)20/h3-10H,2H2,1H3. The van der Waals surface area contributed by atoms with Crippen LogP contribution in [-0.2, 0) is 14.9 Å². The first kappa shape index (κ1) is 22.4. The van der Waals surface area contributed by atoms with E-state index >= 15 is 0 Å². The van der Waals surface area contributed by atoms with Crippen molar-refractivity contribution in [3.63, 3.8) is 0 Å². The molecule has 8 nitrogen and oxygen atoms in total. The second kappa shape index (κ2) is 8.82. The Morgan fingerprint density at radius 1 is 1.16 bits per heavy atom. The highest BCUT2D eigenvalue weighted by Gasteiger charge is 2.28. The molecule has 3 aromatic rings. The number of para-hydroxylation sites is 1. The molecular formula is C19H13ClF2N2O6S. The largest absolute Gasteiger partial charge is 0.461 e. The van der Waals surface area contributed by atoms with Gasteiger partial charge in [-0.05, 0) is 31.2 Å². The molecule has 1 heterocycles. The van der Waals surface area contributed by atoms with Crippen molar-refractivity contribution in [3.05, 3.63) is 81.2 Å². The lowest BCUT2D eigenvalue weighted by molar-refractivity contribution is 0.0515. The summed E-state index contributed by atoms with van der Waals surface area (Å²) < 4.78 is 62.4. The molecule has 3 rings (SSSR count). The predicted molar refractivity (Wildman–Crippen MR) is 105 cm³/mol. The average Bonchev–Trinajstić information content (AvgIpc) is 2.68. The summed E-state index contributed by atoms with van der Waals surface area (Å²) in [5, 5.41) is 3.96. The zero-order valence-electron chi connectivity index (χ0n) is 15.7. The van der Waals surface area contributed by atoms with E-state index in [0.717, 1.165) is 4.68 Å². The van der Waals surface area contributed by atoms with E-state index in [1.807, 2.05) is 0 Å². The first-order valence-electron chi connectivity index (χ1n) is 8.60. The molecule has 31 heavy (non-hydrogen) atoms. The third-order valence-corrected chi connectivity index (χ3v) is 5.40. The minimum Gasteiger partial charge on any atom is -0.461 e. The lowest BCUT2D eigenvalue weighted by atomic mass is 10.3. The van der Waals surface area contributed by atoms with Gasteiger partial charge < -0.3 is 8.92 Å². The molecule has 0 aliphatic heterocycles. The van der Waals surface area contributed by atoms with Gasteiger partial charge in [-0.2, -0.15) is 18.2 Å². The molecule has 0 radical (unpaired) electrons. The topological polar surface area (TPSA) is 105 Å². The second-order valence-electron chi connectivity index (χ2n) is 5.89. The van der Waals surface area contributed by atoms with Crippen LogP contribution in [-0.4, -0.2) is 30.8 Å². The van der Waals surface area contributed by atoms with Crippen molar-refractivity contribution in [2.75, 3.05) is 6.61 Å². The maximum absolute atomic E-state index is 14.0. The Kier molecular flexibility index (Phi) is 6.37. The van der Waals surface area contributed by atoms with E-state index in [9.17, 15) is 26.8 Å². The van der Waals surface area contributed by atoms with E-state index in [4.69, 9.17) is 20.5 Å². The first-order valence-corrected chi connectivity index (χ1v) is 10.4. The van der Waals surface area contributed by atoms with Crippen molar-refractivity contribution in [2.45, 2.75) is 11.8 Å². The number of halogens is 3.